The molecule has 0 aromatic heterocycles. The van der Waals surface area contributed by atoms with E-state index in [2.05, 4.69) is 50.4 Å². The van der Waals surface area contributed by atoms with Crippen LogP contribution >= 0.6 is 24.0 Å². The molecule has 7 heteroatoms. The summed E-state index contributed by atoms with van der Waals surface area (Å²) in [6.07, 6.45) is 5.70. The average molecular weight is 543 g/mol. The molecular weight excluding hydrogens is 503 g/mol. The van der Waals surface area contributed by atoms with Crippen molar-refractivity contribution in [3.05, 3.63) is 35.9 Å². The number of benzene rings is 1. The van der Waals surface area contributed by atoms with E-state index in [1.54, 1.807) is 0 Å². The summed E-state index contributed by atoms with van der Waals surface area (Å²) >= 11 is 0. The number of likely N-dealkylation sites (tertiary alicyclic amines) is 2. The van der Waals surface area contributed by atoms with Crippen molar-refractivity contribution in [2.24, 2.45) is 10.9 Å². The quantitative estimate of drug-likeness (QED) is 0.352. The molecule has 1 aromatic carbocycles. The molecule has 3 fully saturated rings. The maximum Gasteiger partial charge on any atom is 0.193 e. The highest BCUT2D eigenvalue weighted by Crippen LogP contribution is 2.32. The fourth-order valence-electron chi connectivity index (χ4n) is 5.48. The molecule has 3 saturated heterocycles. The number of halogens is 1. The lowest BCUT2D eigenvalue weighted by Gasteiger charge is -2.48. The van der Waals surface area contributed by atoms with Gasteiger partial charge >= 0.3 is 0 Å². The van der Waals surface area contributed by atoms with Crippen LogP contribution in [0.4, 0.5) is 0 Å². The van der Waals surface area contributed by atoms with Gasteiger partial charge in [-0.2, -0.15) is 0 Å². The van der Waals surface area contributed by atoms with Gasteiger partial charge in [0.2, 0.25) is 0 Å². The summed E-state index contributed by atoms with van der Waals surface area (Å²) in [7, 11) is 3.73. The molecule has 3 aliphatic heterocycles. The van der Waals surface area contributed by atoms with Crippen LogP contribution < -0.4 is 5.32 Å². The second kappa shape index (κ2) is 11.8. The van der Waals surface area contributed by atoms with Crippen LogP contribution in [-0.4, -0.2) is 81.0 Å². The van der Waals surface area contributed by atoms with Crippen LogP contribution in [0.5, 0.6) is 0 Å². The minimum absolute atomic E-state index is 0. The van der Waals surface area contributed by atoms with Gasteiger partial charge in [0.25, 0.3) is 0 Å². The smallest absolute Gasteiger partial charge is 0.193 e. The van der Waals surface area contributed by atoms with Crippen molar-refractivity contribution >= 4 is 29.9 Å². The van der Waals surface area contributed by atoms with Crippen LogP contribution in [0.25, 0.3) is 0 Å². The van der Waals surface area contributed by atoms with E-state index in [4.69, 9.17) is 9.47 Å². The number of nitrogens with zero attached hydrogens (tertiary/aromatic N) is 3. The van der Waals surface area contributed by atoms with Crippen molar-refractivity contribution < 1.29 is 9.47 Å². The van der Waals surface area contributed by atoms with Crippen molar-refractivity contribution in [3.8, 4) is 0 Å². The number of aliphatic imine (C=N–C) groups is 1. The SMILES string of the molecule is CN=C(NCC1(OC)CCOCC1)N1CCC2C(CCCN2Cc2ccccc2)C1.I. The predicted octanol–water partition coefficient (Wildman–Crippen LogP) is 3.36. The Morgan fingerprint density at radius 2 is 1.97 bits per heavy atom. The molecule has 6 nitrogen and oxygen atoms in total. The molecule has 1 N–H and O–H groups in total. The highest BCUT2D eigenvalue weighted by Gasteiger charge is 2.38. The molecule has 3 aliphatic rings. The van der Waals surface area contributed by atoms with Crippen molar-refractivity contribution in [3.63, 3.8) is 0 Å². The highest BCUT2D eigenvalue weighted by molar-refractivity contribution is 14.0. The minimum Gasteiger partial charge on any atom is -0.381 e. The second-order valence-electron chi connectivity index (χ2n) is 9.06. The van der Waals surface area contributed by atoms with Crippen LogP contribution in [-0.2, 0) is 16.0 Å². The largest absolute Gasteiger partial charge is 0.381 e. The van der Waals surface area contributed by atoms with Gasteiger partial charge < -0.3 is 19.7 Å². The molecule has 1 aromatic rings. The van der Waals surface area contributed by atoms with Gasteiger partial charge in [0.15, 0.2) is 5.96 Å². The average Bonchev–Trinajstić information content (AvgIpc) is 2.81. The van der Waals surface area contributed by atoms with Gasteiger partial charge in [0, 0.05) is 72.4 Å². The Morgan fingerprint density at radius 1 is 1.19 bits per heavy atom. The molecule has 31 heavy (non-hydrogen) atoms. The lowest BCUT2D eigenvalue weighted by atomic mass is 9.83. The Balaban J connectivity index is 0.00000272. The van der Waals surface area contributed by atoms with Crippen LogP contribution in [0.2, 0.25) is 0 Å². The lowest BCUT2D eigenvalue weighted by molar-refractivity contribution is -0.0858. The van der Waals surface area contributed by atoms with Gasteiger partial charge in [-0.3, -0.25) is 9.89 Å². The monoisotopic (exact) mass is 542 g/mol. The van der Waals surface area contributed by atoms with E-state index < -0.39 is 0 Å². The predicted molar refractivity (Wildman–Crippen MR) is 136 cm³/mol. The first-order valence-corrected chi connectivity index (χ1v) is 11.6. The Hall–Kier alpha value is -0.900. The molecule has 4 rings (SSSR count). The van der Waals surface area contributed by atoms with E-state index in [1.807, 2.05) is 14.2 Å². The standard InChI is InChI=1S/C24H38N4O2.HI/c1-25-23(26-19-24(29-2)11-15-30-16-12-24)28-14-10-22-21(18-28)9-6-13-27(22)17-20-7-4-3-5-8-20;/h3-5,7-8,21-22H,6,9-19H2,1-2H3,(H,25,26);1H. The van der Waals surface area contributed by atoms with Crippen molar-refractivity contribution in [2.75, 3.05) is 53.6 Å². The number of ether oxygens (including phenoxy) is 2. The number of rotatable bonds is 5. The van der Waals surface area contributed by atoms with Gasteiger partial charge in [0.1, 0.15) is 0 Å². The Bertz CT molecular complexity index is 696. The Kier molecular flexibility index (Phi) is 9.43. The highest BCUT2D eigenvalue weighted by atomic mass is 127. The second-order valence-corrected chi connectivity index (χ2v) is 9.06. The van der Waals surface area contributed by atoms with Crippen molar-refractivity contribution in [1.82, 2.24) is 15.1 Å². The zero-order chi connectivity index (χ0) is 20.8. The van der Waals surface area contributed by atoms with Crippen molar-refractivity contribution in [1.29, 1.82) is 0 Å². The van der Waals surface area contributed by atoms with Crippen LogP contribution in [0.3, 0.4) is 0 Å². The summed E-state index contributed by atoms with van der Waals surface area (Å²) in [6, 6.07) is 11.6. The van der Waals surface area contributed by atoms with Gasteiger partial charge in [-0.05, 0) is 37.3 Å². The van der Waals surface area contributed by atoms with E-state index in [-0.39, 0.29) is 29.6 Å². The normalized spacial score (nSPS) is 26.6. The molecule has 0 spiro atoms. The van der Waals surface area contributed by atoms with Crippen LogP contribution in [0.15, 0.2) is 35.3 Å². The number of methoxy groups -OCH3 is 1. The van der Waals surface area contributed by atoms with E-state index in [9.17, 15) is 0 Å². The van der Waals surface area contributed by atoms with Gasteiger partial charge in [-0.15, -0.1) is 24.0 Å². The first kappa shape index (κ1) is 24.7. The van der Waals surface area contributed by atoms with Gasteiger partial charge in [-0.25, -0.2) is 0 Å². The summed E-state index contributed by atoms with van der Waals surface area (Å²) in [6.45, 7) is 6.81. The zero-order valence-electron chi connectivity index (χ0n) is 19.1. The van der Waals surface area contributed by atoms with E-state index in [0.717, 1.165) is 58.2 Å². The summed E-state index contributed by atoms with van der Waals surface area (Å²) in [5.41, 5.74) is 1.29. The lowest BCUT2D eigenvalue weighted by Crippen LogP contribution is -2.58. The molecule has 0 aliphatic carbocycles. The van der Waals surface area contributed by atoms with E-state index in [1.165, 1.54) is 31.4 Å². The third-order valence-electron chi connectivity index (χ3n) is 7.33. The first-order valence-electron chi connectivity index (χ1n) is 11.6. The van der Waals surface area contributed by atoms with E-state index in [0.29, 0.717) is 12.0 Å². The fraction of sp³-hybridized carbons (Fsp3) is 0.708. The number of fused-ring (bicyclic) bond motifs is 1. The number of piperidine rings is 2. The van der Waals surface area contributed by atoms with Crippen molar-refractivity contribution in [2.45, 2.75) is 50.3 Å². The Morgan fingerprint density at radius 3 is 2.68 bits per heavy atom. The topological polar surface area (TPSA) is 49.3 Å². The summed E-state index contributed by atoms with van der Waals surface area (Å²) in [5, 5.41) is 3.63. The number of hydrogen-bond acceptors (Lipinski definition) is 4. The summed E-state index contributed by atoms with van der Waals surface area (Å²) < 4.78 is 11.4. The minimum atomic E-state index is -0.135. The molecule has 0 saturated carbocycles. The molecule has 3 heterocycles. The third kappa shape index (κ3) is 6.12. The van der Waals surface area contributed by atoms with Gasteiger partial charge in [-0.1, -0.05) is 30.3 Å². The summed E-state index contributed by atoms with van der Waals surface area (Å²) in [5.74, 6) is 1.74. The van der Waals surface area contributed by atoms with Crippen LogP contribution in [0, 0.1) is 5.92 Å². The van der Waals surface area contributed by atoms with Crippen LogP contribution in [0.1, 0.15) is 37.7 Å². The Labute approximate surface area is 204 Å². The maximum absolute atomic E-state index is 5.89. The molecule has 0 radical (unpaired) electrons. The maximum atomic E-state index is 5.89. The van der Waals surface area contributed by atoms with Gasteiger partial charge in [0.05, 0.1) is 5.60 Å². The number of hydrogen-bond donors (Lipinski definition) is 1. The zero-order valence-corrected chi connectivity index (χ0v) is 21.4. The molecular formula is C24H39IN4O2. The number of guanidine groups is 1. The first-order chi connectivity index (χ1) is 14.7. The van der Waals surface area contributed by atoms with E-state index >= 15 is 0 Å². The molecule has 2 unspecified atom stereocenters. The molecule has 2 atom stereocenters. The molecule has 174 valence electrons. The molecule has 0 amide bonds. The molecule has 0 bridgehead atoms. The summed E-state index contributed by atoms with van der Waals surface area (Å²) in [4.78, 5) is 9.81. The number of nitrogens with one attached hydrogen (secondary N) is 1. The third-order valence-corrected chi connectivity index (χ3v) is 7.33. The fourth-order valence-corrected chi connectivity index (χ4v) is 5.48.